The summed E-state index contributed by atoms with van der Waals surface area (Å²) in [7, 11) is 0. The molecule has 0 aliphatic rings. The average molecular weight is 179 g/mol. The first-order chi connectivity index (χ1) is 5.91. The van der Waals surface area contributed by atoms with Gasteiger partial charge < -0.3 is 5.73 Å². The Morgan fingerprint density at radius 1 is 1.46 bits per heavy atom. The zero-order valence-corrected chi connectivity index (χ0v) is 8.03. The van der Waals surface area contributed by atoms with Crippen LogP contribution in [0.2, 0.25) is 0 Å². The predicted octanol–water partition coefficient (Wildman–Crippen LogP) is 0.873. The second-order valence-corrected chi connectivity index (χ2v) is 3.88. The molecule has 0 spiro atoms. The van der Waals surface area contributed by atoms with E-state index in [9.17, 15) is 4.79 Å². The average Bonchev–Trinajstić information content (AvgIpc) is 2.03. The lowest BCUT2D eigenvalue weighted by molar-refractivity contribution is 0.0990. The molecule has 1 heterocycles. The predicted molar refractivity (Wildman–Crippen MR) is 49.2 cm³/mol. The standard InChI is InChI=1S/C9H13N3O/c1-9(2,3)6-4-5-11-8(12-6)7(10)13/h4-5H,1-3H3,(H2,10,13). The highest BCUT2D eigenvalue weighted by Crippen LogP contribution is 2.18. The van der Waals surface area contributed by atoms with Gasteiger partial charge in [0.15, 0.2) is 0 Å². The minimum atomic E-state index is -0.592. The van der Waals surface area contributed by atoms with Crippen molar-refractivity contribution in [2.24, 2.45) is 5.73 Å². The van der Waals surface area contributed by atoms with Crippen LogP contribution in [0.1, 0.15) is 37.1 Å². The van der Waals surface area contributed by atoms with Gasteiger partial charge >= 0.3 is 0 Å². The number of nitrogens with zero attached hydrogens (tertiary/aromatic N) is 2. The second kappa shape index (κ2) is 3.12. The molecule has 13 heavy (non-hydrogen) atoms. The van der Waals surface area contributed by atoms with Gasteiger partial charge in [-0.3, -0.25) is 4.79 Å². The number of carbonyl (C=O) groups is 1. The van der Waals surface area contributed by atoms with Gasteiger partial charge in [0.2, 0.25) is 5.82 Å². The summed E-state index contributed by atoms with van der Waals surface area (Å²) < 4.78 is 0. The van der Waals surface area contributed by atoms with E-state index in [0.29, 0.717) is 0 Å². The zero-order valence-electron chi connectivity index (χ0n) is 8.03. The Morgan fingerprint density at radius 3 is 2.54 bits per heavy atom. The van der Waals surface area contributed by atoms with Crippen LogP contribution in [0.25, 0.3) is 0 Å². The molecule has 0 fully saturated rings. The Kier molecular flexibility index (Phi) is 2.32. The third kappa shape index (κ3) is 2.24. The molecule has 1 aromatic heterocycles. The van der Waals surface area contributed by atoms with Crippen molar-refractivity contribution in [2.75, 3.05) is 0 Å². The van der Waals surface area contributed by atoms with E-state index < -0.39 is 5.91 Å². The normalized spacial score (nSPS) is 11.3. The first kappa shape index (κ1) is 9.64. The van der Waals surface area contributed by atoms with Crippen molar-refractivity contribution >= 4 is 5.91 Å². The maximum absolute atomic E-state index is 10.8. The molecule has 4 heteroatoms. The van der Waals surface area contributed by atoms with Crippen molar-refractivity contribution in [1.82, 2.24) is 9.97 Å². The summed E-state index contributed by atoms with van der Waals surface area (Å²) in [4.78, 5) is 18.6. The third-order valence-electron chi connectivity index (χ3n) is 1.64. The number of nitrogens with two attached hydrogens (primary N) is 1. The summed E-state index contributed by atoms with van der Waals surface area (Å²) in [6.07, 6.45) is 1.55. The number of aromatic nitrogens is 2. The topological polar surface area (TPSA) is 68.9 Å². The molecule has 0 aliphatic carbocycles. The number of carbonyl (C=O) groups excluding carboxylic acids is 1. The van der Waals surface area contributed by atoms with E-state index in [0.717, 1.165) is 5.69 Å². The van der Waals surface area contributed by atoms with E-state index in [4.69, 9.17) is 5.73 Å². The molecular weight excluding hydrogens is 166 g/mol. The summed E-state index contributed by atoms with van der Waals surface area (Å²) >= 11 is 0. The number of rotatable bonds is 1. The molecule has 0 saturated carbocycles. The number of hydrogen-bond donors (Lipinski definition) is 1. The largest absolute Gasteiger partial charge is 0.363 e. The van der Waals surface area contributed by atoms with Gasteiger partial charge in [-0.2, -0.15) is 0 Å². The van der Waals surface area contributed by atoms with Gasteiger partial charge in [-0.25, -0.2) is 9.97 Å². The number of hydrogen-bond acceptors (Lipinski definition) is 3. The van der Waals surface area contributed by atoms with E-state index >= 15 is 0 Å². The van der Waals surface area contributed by atoms with Crippen LogP contribution in [0.5, 0.6) is 0 Å². The van der Waals surface area contributed by atoms with Crippen LogP contribution in [-0.4, -0.2) is 15.9 Å². The van der Waals surface area contributed by atoms with Crippen molar-refractivity contribution in [3.63, 3.8) is 0 Å². The minimum Gasteiger partial charge on any atom is -0.363 e. The fraction of sp³-hybridized carbons (Fsp3) is 0.444. The maximum atomic E-state index is 10.8. The van der Waals surface area contributed by atoms with Crippen molar-refractivity contribution in [3.8, 4) is 0 Å². The number of amides is 1. The maximum Gasteiger partial charge on any atom is 0.286 e. The van der Waals surface area contributed by atoms with Crippen LogP contribution in [0.15, 0.2) is 12.3 Å². The van der Waals surface area contributed by atoms with E-state index in [1.54, 1.807) is 12.3 Å². The quantitative estimate of drug-likeness (QED) is 0.695. The van der Waals surface area contributed by atoms with Gasteiger partial charge in [0, 0.05) is 17.3 Å². The van der Waals surface area contributed by atoms with Gasteiger partial charge in [0.1, 0.15) is 0 Å². The highest BCUT2D eigenvalue weighted by Gasteiger charge is 2.16. The molecule has 70 valence electrons. The molecular formula is C9H13N3O. The molecule has 1 aromatic rings. The first-order valence-electron chi connectivity index (χ1n) is 4.04. The van der Waals surface area contributed by atoms with Crippen molar-refractivity contribution < 1.29 is 4.79 Å². The van der Waals surface area contributed by atoms with Crippen LogP contribution >= 0.6 is 0 Å². The molecule has 0 aliphatic heterocycles. The van der Waals surface area contributed by atoms with Gasteiger partial charge in [-0.05, 0) is 6.07 Å². The summed E-state index contributed by atoms with van der Waals surface area (Å²) in [5.74, 6) is -0.515. The van der Waals surface area contributed by atoms with Gasteiger partial charge in [-0.1, -0.05) is 20.8 Å². The fourth-order valence-electron chi connectivity index (χ4n) is 0.895. The van der Waals surface area contributed by atoms with Crippen LogP contribution in [0.3, 0.4) is 0 Å². The summed E-state index contributed by atoms with van der Waals surface area (Å²) in [5.41, 5.74) is 5.79. The molecule has 0 radical (unpaired) electrons. The van der Waals surface area contributed by atoms with Crippen molar-refractivity contribution in [1.29, 1.82) is 0 Å². The number of primary amides is 1. The van der Waals surface area contributed by atoms with Gasteiger partial charge in [0.25, 0.3) is 5.91 Å². The van der Waals surface area contributed by atoms with E-state index in [2.05, 4.69) is 9.97 Å². The van der Waals surface area contributed by atoms with E-state index in [-0.39, 0.29) is 11.2 Å². The second-order valence-electron chi connectivity index (χ2n) is 3.88. The monoisotopic (exact) mass is 179 g/mol. The summed E-state index contributed by atoms with van der Waals surface area (Å²) in [5, 5.41) is 0. The molecule has 1 rings (SSSR count). The Bertz CT molecular complexity index is 328. The zero-order chi connectivity index (χ0) is 10.1. The fourth-order valence-corrected chi connectivity index (χ4v) is 0.895. The molecule has 0 atom stereocenters. The highest BCUT2D eigenvalue weighted by atomic mass is 16.1. The van der Waals surface area contributed by atoms with Crippen LogP contribution in [0.4, 0.5) is 0 Å². The molecule has 0 saturated heterocycles. The Morgan fingerprint density at radius 2 is 2.08 bits per heavy atom. The molecule has 2 N–H and O–H groups in total. The smallest absolute Gasteiger partial charge is 0.286 e. The lowest BCUT2D eigenvalue weighted by Crippen LogP contribution is -2.20. The van der Waals surface area contributed by atoms with Gasteiger partial charge in [0.05, 0.1) is 0 Å². The van der Waals surface area contributed by atoms with Crippen LogP contribution in [-0.2, 0) is 5.41 Å². The van der Waals surface area contributed by atoms with E-state index in [1.807, 2.05) is 20.8 Å². The summed E-state index contributed by atoms with van der Waals surface area (Å²) in [6, 6.07) is 1.78. The van der Waals surface area contributed by atoms with Crippen molar-refractivity contribution in [3.05, 3.63) is 23.8 Å². The minimum absolute atomic E-state index is 0.0763. The van der Waals surface area contributed by atoms with Crippen molar-refractivity contribution in [2.45, 2.75) is 26.2 Å². The molecule has 0 unspecified atom stereocenters. The Balaban J connectivity index is 3.13. The lowest BCUT2D eigenvalue weighted by atomic mass is 9.92. The Hall–Kier alpha value is -1.45. The molecule has 0 aromatic carbocycles. The van der Waals surface area contributed by atoms with Crippen LogP contribution < -0.4 is 5.73 Å². The SMILES string of the molecule is CC(C)(C)c1ccnc(C(N)=O)n1. The van der Waals surface area contributed by atoms with E-state index in [1.165, 1.54) is 0 Å². The lowest BCUT2D eigenvalue weighted by Gasteiger charge is -2.17. The highest BCUT2D eigenvalue weighted by molar-refractivity contribution is 5.88. The molecule has 1 amide bonds. The molecule has 0 bridgehead atoms. The molecule has 4 nitrogen and oxygen atoms in total. The Labute approximate surface area is 77.2 Å². The van der Waals surface area contributed by atoms with Gasteiger partial charge in [-0.15, -0.1) is 0 Å². The third-order valence-corrected chi connectivity index (χ3v) is 1.64. The summed E-state index contributed by atoms with van der Waals surface area (Å²) in [6.45, 7) is 6.04. The van der Waals surface area contributed by atoms with Crippen LogP contribution in [0, 0.1) is 0 Å². The first-order valence-corrected chi connectivity index (χ1v) is 4.04.